The number of hydrogen-bond acceptors (Lipinski definition) is 1. The van der Waals surface area contributed by atoms with Crippen LogP contribution in [0.2, 0.25) is 13.1 Å². The Hall–Kier alpha value is -1.73. The van der Waals surface area contributed by atoms with Crippen molar-refractivity contribution in [2.75, 3.05) is 7.11 Å². The molecule has 0 aromatic heterocycles. The second kappa shape index (κ2) is 5.81. The van der Waals surface area contributed by atoms with Crippen LogP contribution in [0, 0.1) is 29.1 Å². The van der Waals surface area contributed by atoms with E-state index in [-0.39, 0.29) is 5.56 Å². The Bertz CT molecular complexity index is 701. The van der Waals surface area contributed by atoms with Crippen molar-refractivity contribution in [1.82, 2.24) is 0 Å². The first-order chi connectivity index (χ1) is 10.2. The molecular weight excluding hydrogens is 319 g/mol. The van der Waals surface area contributed by atoms with Gasteiger partial charge < -0.3 is 4.43 Å². The van der Waals surface area contributed by atoms with Gasteiger partial charge in [0, 0.05) is 7.11 Å². The van der Waals surface area contributed by atoms with Crippen molar-refractivity contribution in [2.45, 2.75) is 13.1 Å². The fourth-order valence-corrected chi connectivity index (χ4v) is 3.26. The molecule has 0 bridgehead atoms. The van der Waals surface area contributed by atoms with Crippen LogP contribution in [-0.2, 0) is 4.43 Å². The molecule has 0 unspecified atom stereocenters. The van der Waals surface area contributed by atoms with Crippen molar-refractivity contribution in [3.8, 4) is 11.1 Å². The molecule has 0 aliphatic rings. The summed E-state index contributed by atoms with van der Waals surface area (Å²) in [5, 5.41) is 0.677. The number of rotatable bonds is 3. The quantitative estimate of drug-likeness (QED) is 0.356. The van der Waals surface area contributed by atoms with Gasteiger partial charge in [-0.05, 0) is 23.8 Å². The summed E-state index contributed by atoms with van der Waals surface area (Å²) in [5.74, 6) is -9.76. The maximum atomic E-state index is 13.9. The SMILES string of the molecule is CO[Si](C)(C)c1cccc(-c2c(F)c(F)c(F)c(F)c2F)c1. The van der Waals surface area contributed by atoms with Crippen LogP contribution in [0.25, 0.3) is 11.1 Å². The Morgan fingerprint density at radius 2 is 1.32 bits per heavy atom. The summed E-state index contributed by atoms with van der Waals surface area (Å²) in [6.07, 6.45) is 0. The second-order valence-electron chi connectivity index (χ2n) is 5.24. The van der Waals surface area contributed by atoms with Gasteiger partial charge >= 0.3 is 0 Å². The first-order valence-electron chi connectivity index (χ1n) is 6.38. The maximum Gasteiger partial charge on any atom is 0.217 e. The predicted molar refractivity (Wildman–Crippen MR) is 75.8 cm³/mol. The molecule has 118 valence electrons. The third-order valence-corrected chi connectivity index (χ3v) is 6.29. The van der Waals surface area contributed by atoms with E-state index in [4.69, 9.17) is 4.43 Å². The highest BCUT2D eigenvalue weighted by Gasteiger charge is 2.28. The lowest BCUT2D eigenvalue weighted by molar-refractivity contribution is 0.381. The van der Waals surface area contributed by atoms with Gasteiger partial charge in [-0.3, -0.25) is 0 Å². The third kappa shape index (κ3) is 2.66. The van der Waals surface area contributed by atoms with Crippen LogP contribution in [0.3, 0.4) is 0 Å². The van der Waals surface area contributed by atoms with Gasteiger partial charge in [0.25, 0.3) is 0 Å². The summed E-state index contributed by atoms with van der Waals surface area (Å²) in [5.41, 5.74) is -1.01. The lowest BCUT2D eigenvalue weighted by Crippen LogP contribution is -2.43. The molecule has 1 nitrogen and oxygen atoms in total. The van der Waals surface area contributed by atoms with Crippen LogP contribution >= 0.6 is 0 Å². The average Bonchev–Trinajstić information content (AvgIpc) is 2.51. The highest BCUT2D eigenvalue weighted by molar-refractivity contribution is 6.84. The first kappa shape index (κ1) is 16.6. The predicted octanol–water partition coefficient (Wildman–Crippen LogP) is 4.11. The summed E-state index contributed by atoms with van der Waals surface area (Å²) < 4.78 is 72.8. The van der Waals surface area contributed by atoms with E-state index in [0.29, 0.717) is 5.19 Å². The lowest BCUT2D eigenvalue weighted by Gasteiger charge is -2.21. The second-order valence-corrected chi connectivity index (χ2v) is 9.25. The molecule has 0 aliphatic carbocycles. The van der Waals surface area contributed by atoms with Gasteiger partial charge in [0.1, 0.15) is 0 Å². The van der Waals surface area contributed by atoms with E-state index in [2.05, 4.69) is 0 Å². The van der Waals surface area contributed by atoms with Crippen molar-refractivity contribution >= 4 is 13.5 Å². The normalized spacial score (nSPS) is 11.8. The zero-order valence-corrected chi connectivity index (χ0v) is 13.1. The summed E-state index contributed by atoms with van der Waals surface area (Å²) in [4.78, 5) is 0. The van der Waals surface area contributed by atoms with E-state index >= 15 is 0 Å². The van der Waals surface area contributed by atoms with E-state index in [9.17, 15) is 22.0 Å². The Morgan fingerprint density at radius 3 is 1.82 bits per heavy atom. The van der Waals surface area contributed by atoms with Crippen molar-refractivity contribution in [1.29, 1.82) is 0 Å². The van der Waals surface area contributed by atoms with Gasteiger partial charge in [-0.1, -0.05) is 24.3 Å². The zero-order chi connectivity index (χ0) is 16.7. The molecule has 0 heterocycles. The standard InChI is InChI=1S/C15H13F5OSi/c1-21-22(2,3)9-6-4-5-8(7-9)10-11(16)13(18)15(20)14(19)12(10)17/h4-7H,1-3H3. The fourth-order valence-electron chi connectivity index (χ4n) is 2.03. The molecule has 22 heavy (non-hydrogen) atoms. The summed E-state index contributed by atoms with van der Waals surface area (Å²) >= 11 is 0. The molecule has 0 amide bonds. The van der Waals surface area contributed by atoms with Crippen LogP contribution in [0.5, 0.6) is 0 Å². The van der Waals surface area contributed by atoms with Crippen molar-refractivity contribution < 1.29 is 26.4 Å². The first-order valence-corrected chi connectivity index (χ1v) is 9.29. The smallest absolute Gasteiger partial charge is 0.217 e. The van der Waals surface area contributed by atoms with Crippen LogP contribution in [-0.4, -0.2) is 15.4 Å². The Labute approximate surface area is 125 Å². The largest absolute Gasteiger partial charge is 0.416 e. The molecular formula is C15H13F5OSi. The fraction of sp³-hybridized carbons (Fsp3) is 0.200. The molecule has 2 rings (SSSR count). The van der Waals surface area contributed by atoms with E-state index in [0.717, 1.165) is 0 Å². The molecule has 2 aromatic carbocycles. The maximum absolute atomic E-state index is 13.9. The average molecular weight is 332 g/mol. The monoisotopic (exact) mass is 332 g/mol. The highest BCUT2D eigenvalue weighted by atomic mass is 28.4. The van der Waals surface area contributed by atoms with Crippen LogP contribution < -0.4 is 5.19 Å². The number of benzene rings is 2. The number of hydrogen-bond donors (Lipinski definition) is 0. The Kier molecular flexibility index (Phi) is 4.39. The molecule has 0 radical (unpaired) electrons. The summed E-state index contributed by atoms with van der Waals surface area (Å²) in [6.45, 7) is 3.70. The zero-order valence-electron chi connectivity index (χ0n) is 12.1. The van der Waals surface area contributed by atoms with Gasteiger partial charge in [0.15, 0.2) is 23.3 Å². The van der Waals surface area contributed by atoms with Gasteiger partial charge in [0.05, 0.1) is 5.56 Å². The molecule has 0 saturated heterocycles. The lowest BCUT2D eigenvalue weighted by atomic mass is 10.0. The van der Waals surface area contributed by atoms with E-state index < -0.39 is 43.0 Å². The van der Waals surface area contributed by atoms with Gasteiger partial charge in [-0.15, -0.1) is 0 Å². The molecule has 0 spiro atoms. The van der Waals surface area contributed by atoms with E-state index in [1.165, 1.54) is 25.3 Å². The molecule has 0 N–H and O–H groups in total. The van der Waals surface area contributed by atoms with Crippen molar-refractivity contribution in [3.05, 3.63) is 53.4 Å². The van der Waals surface area contributed by atoms with Crippen LogP contribution in [0.4, 0.5) is 22.0 Å². The summed E-state index contributed by atoms with van der Waals surface area (Å²) in [6, 6.07) is 5.89. The molecule has 7 heteroatoms. The Morgan fingerprint density at radius 1 is 0.818 bits per heavy atom. The van der Waals surface area contributed by atoms with Gasteiger partial charge in [-0.25, -0.2) is 22.0 Å². The Balaban J connectivity index is 2.71. The number of halogens is 5. The van der Waals surface area contributed by atoms with E-state index in [1.54, 1.807) is 6.07 Å². The molecule has 0 aliphatic heterocycles. The third-order valence-electron chi connectivity index (χ3n) is 3.57. The summed E-state index contributed by atoms with van der Waals surface area (Å²) in [7, 11) is -0.786. The highest BCUT2D eigenvalue weighted by Crippen LogP contribution is 2.31. The minimum Gasteiger partial charge on any atom is -0.416 e. The van der Waals surface area contributed by atoms with Crippen LogP contribution in [0.15, 0.2) is 24.3 Å². The minimum atomic E-state index is -2.30. The van der Waals surface area contributed by atoms with Gasteiger partial charge in [-0.2, -0.15) is 0 Å². The molecule has 0 saturated carbocycles. The van der Waals surface area contributed by atoms with Crippen LogP contribution in [0.1, 0.15) is 0 Å². The van der Waals surface area contributed by atoms with Gasteiger partial charge in [0.2, 0.25) is 14.1 Å². The molecule has 2 aromatic rings. The minimum absolute atomic E-state index is 0.0806. The van der Waals surface area contributed by atoms with Crippen molar-refractivity contribution in [2.24, 2.45) is 0 Å². The molecule has 0 atom stereocenters. The van der Waals surface area contributed by atoms with E-state index in [1.807, 2.05) is 13.1 Å². The van der Waals surface area contributed by atoms with Crippen molar-refractivity contribution in [3.63, 3.8) is 0 Å². The topological polar surface area (TPSA) is 9.23 Å². The molecule has 0 fully saturated rings.